The number of nitrogens with two attached hydrogens (primary N) is 1. The van der Waals surface area contributed by atoms with E-state index in [1.807, 2.05) is 53.1 Å². The van der Waals surface area contributed by atoms with Crippen molar-refractivity contribution in [2.75, 3.05) is 5.73 Å². The van der Waals surface area contributed by atoms with Crippen LogP contribution in [0.2, 0.25) is 0 Å². The Morgan fingerprint density at radius 2 is 1.68 bits per heavy atom. The first-order valence-electron chi connectivity index (χ1n) is 7.80. The number of fused-ring (bicyclic) bond motifs is 3. The number of aromatic nitrogens is 4. The second-order valence-corrected chi connectivity index (χ2v) is 5.86. The highest BCUT2D eigenvalue weighted by Gasteiger charge is 2.30. The molecule has 4 aromatic rings. The fourth-order valence-corrected chi connectivity index (χ4v) is 3.32. The van der Waals surface area contributed by atoms with Crippen LogP contribution in [0.4, 0.5) is 5.95 Å². The van der Waals surface area contributed by atoms with E-state index in [1.165, 1.54) is 0 Å². The average molecular weight is 331 g/mol. The third-order valence-electron chi connectivity index (χ3n) is 4.38. The van der Waals surface area contributed by atoms with Gasteiger partial charge in [0, 0.05) is 11.1 Å². The van der Waals surface area contributed by atoms with Gasteiger partial charge in [-0.25, -0.2) is 4.98 Å². The van der Waals surface area contributed by atoms with Crippen molar-refractivity contribution in [3.63, 3.8) is 0 Å². The van der Waals surface area contributed by atoms with Crippen LogP contribution in [0.15, 0.2) is 59.7 Å². The highest BCUT2D eigenvalue weighted by molar-refractivity contribution is 5.72. The quantitative estimate of drug-likeness (QED) is 0.491. The molecule has 122 valence electrons. The molecule has 1 aliphatic rings. The first-order valence-corrected chi connectivity index (χ1v) is 7.80. The Morgan fingerprint density at radius 3 is 2.36 bits per heavy atom. The van der Waals surface area contributed by atoms with Crippen molar-refractivity contribution in [2.24, 2.45) is 0 Å². The fourth-order valence-electron chi connectivity index (χ4n) is 3.32. The summed E-state index contributed by atoms with van der Waals surface area (Å²) in [6.07, 6.45) is 1.62. The van der Waals surface area contributed by atoms with Crippen LogP contribution in [0.25, 0.3) is 11.2 Å². The van der Waals surface area contributed by atoms with Gasteiger partial charge in [0.15, 0.2) is 11.2 Å². The molecule has 3 N–H and O–H groups in total. The van der Waals surface area contributed by atoms with Gasteiger partial charge in [-0.3, -0.25) is 9.78 Å². The van der Waals surface area contributed by atoms with Gasteiger partial charge in [0.05, 0.1) is 12.4 Å². The summed E-state index contributed by atoms with van der Waals surface area (Å²) in [4.78, 5) is 23.1. The van der Waals surface area contributed by atoms with E-state index in [0.717, 1.165) is 22.6 Å². The summed E-state index contributed by atoms with van der Waals surface area (Å²) in [6, 6.07) is 15.4. The standard InChI is InChI=1S/C18H13N5O2/c19-18-21-16-14(17(24)22-18)20-9-23(16)15-10-5-1-3-7-12(10)25-13-8-4-2-6-11(13)15/h1-9,15H,(H3,19,21,22,24). The van der Waals surface area contributed by atoms with E-state index >= 15 is 0 Å². The summed E-state index contributed by atoms with van der Waals surface area (Å²) in [6.45, 7) is 0. The highest BCUT2D eigenvalue weighted by Crippen LogP contribution is 2.45. The maximum Gasteiger partial charge on any atom is 0.280 e. The van der Waals surface area contributed by atoms with Gasteiger partial charge >= 0.3 is 0 Å². The molecule has 0 fully saturated rings. The van der Waals surface area contributed by atoms with Gasteiger partial charge in [-0.15, -0.1) is 0 Å². The zero-order valence-electron chi connectivity index (χ0n) is 13.0. The molecule has 1 aliphatic heterocycles. The van der Waals surface area contributed by atoms with Gasteiger partial charge in [-0.1, -0.05) is 36.4 Å². The normalized spacial score (nSPS) is 13.3. The molecule has 0 amide bonds. The smallest absolute Gasteiger partial charge is 0.280 e. The van der Waals surface area contributed by atoms with Crippen molar-refractivity contribution < 1.29 is 4.74 Å². The number of hydrogen-bond acceptors (Lipinski definition) is 5. The lowest BCUT2D eigenvalue weighted by Gasteiger charge is -2.29. The molecule has 7 nitrogen and oxygen atoms in total. The van der Waals surface area contributed by atoms with Crippen molar-refractivity contribution in [3.8, 4) is 11.5 Å². The number of H-pyrrole nitrogens is 1. The van der Waals surface area contributed by atoms with Gasteiger partial charge in [0.2, 0.25) is 5.95 Å². The first-order chi connectivity index (χ1) is 12.2. The zero-order chi connectivity index (χ0) is 17.0. The molecule has 0 radical (unpaired) electrons. The number of ether oxygens (including phenoxy) is 1. The highest BCUT2D eigenvalue weighted by atomic mass is 16.5. The van der Waals surface area contributed by atoms with E-state index < -0.39 is 0 Å². The maximum absolute atomic E-state index is 12.1. The number of nitrogens with one attached hydrogen (secondary N) is 1. The second-order valence-electron chi connectivity index (χ2n) is 5.86. The van der Waals surface area contributed by atoms with Crippen molar-refractivity contribution in [1.29, 1.82) is 0 Å². The average Bonchev–Trinajstić information content (AvgIpc) is 3.03. The molecule has 5 rings (SSSR count). The number of hydrogen-bond donors (Lipinski definition) is 2. The van der Waals surface area contributed by atoms with Gasteiger partial charge in [0.1, 0.15) is 11.5 Å². The van der Waals surface area contributed by atoms with Gasteiger partial charge in [0.25, 0.3) is 5.56 Å². The van der Waals surface area contributed by atoms with E-state index in [4.69, 9.17) is 10.5 Å². The monoisotopic (exact) mass is 331 g/mol. The topological polar surface area (TPSA) is 98.8 Å². The molecule has 0 aliphatic carbocycles. The van der Waals surface area contributed by atoms with Crippen LogP contribution in [0, 0.1) is 0 Å². The molecule has 0 atom stereocenters. The van der Waals surface area contributed by atoms with E-state index in [1.54, 1.807) is 6.33 Å². The molecular weight excluding hydrogens is 318 g/mol. The van der Waals surface area contributed by atoms with Crippen LogP contribution in [0.3, 0.4) is 0 Å². The number of nitrogen functional groups attached to an aromatic ring is 1. The molecule has 0 saturated carbocycles. The van der Waals surface area contributed by atoms with Gasteiger partial charge in [-0.2, -0.15) is 4.98 Å². The van der Waals surface area contributed by atoms with E-state index in [2.05, 4.69) is 15.0 Å². The van der Waals surface area contributed by atoms with Crippen molar-refractivity contribution in [3.05, 3.63) is 76.3 Å². The van der Waals surface area contributed by atoms with Gasteiger partial charge < -0.3 is 15.0 Å². The Labute approximate surface area is 141 Å². The Balaban J connectivity index is 1.85. The van der Waals surface area contributed by atoms with E-state index in [9.17, 15) is 4.79 Å². The number of aromatic amines is 1. The SMILES string of the molecule is Nc1nc2c(ncn2C2c3ccccc3Oc3ccccc32)c(=O)[nH]1. The lowest BCUT2D eigenvalue weighted by molar-refractivity contribution is 0.436. The number of anilines is 1. The van der Waals surface area contributed by atoms with Crippen LogP contribution in [0.5, 0.6) is 11.5 Å². The Kier molecular flexibility index (Phi) is 2.73. The Bertz CT molecular complexity index is 1130. The van der Waals surface area contributed by atoms with Crippen LogP contribution in [0.1, 0.15) is 17.2 Å². The molecule has 0 unspecified atom stereocenters. The molecule has 0 spiro atoms. The number of nitrogens with zero attached hydrogens (tertiary/aromatic N) is 3. The summed E-state index contributed by atoms with van der Waals surface area (Å²) in [5, 5.41) is 0. The van der Waals surface area contributed by atoms with Crippen LogP contribution in [-0.4, -0.2) is 19.5 Å². The zero-order valence-corrected chi connectivity index (χ0v) is 13.0. The Hall–Kier alpha value is -3.61. The van der Waals surface area contributed by atoms with Crippen LogP contribution >= 0.6 is 0 Å². The fraction of sp³-hybridized carbons (Fsp3) is 0.0556. The summed E-state index contributed by atoms with van der Waals surface area (Å²) >= 11 is 0. The third kappa shape index (κ3) is 1.96. The largest absolute Gasteiger partial charge is 0.457 e. The predicted octanol–water partition coefficient (Wildman–Crippen LogP) is 2.45. The molecular formula is C18H13N5O2. The predicted molar refractivity (Wildman–Crippen MR) is 92.8 cm³/mol. The molecule has 0 bridgehead atoms. The summed E-state index contributed by atoms with van der Waals surface area (Å²) in [7, 11) is 0. The number of para-hydroxylation sites is 2. The van der Waals surface area contributed by atoms with Gasteiger partial charge in [-0.05, 0) is 12.1 Å². The minimum Gasteiger partial charge on any atom is -0.457 e. The molecule has 0 saturated heterocycles. The second kappa shape index (κ2) is 4.94. The summed E-state index contributed by atoms with van der Waals surface area (Å²) in [5.74, 6) is 1.60. The van der Waals surface area contributed by atoms with Crippen LogP contribution in [-0.2, 0) is 0 Å². The number of rotatable bonds is 1. The molecule has 3 heterocycles. The molecule has 25 heavy (non-hydrogen) atoms. The number of benzene rings is 2. The minimum atomic E-state index is -0.352. The maximum atomic E-state index is 12.1. The van der Waals surface area contributed by atoms with E-state index in [-0.39, 0.29) is 23.1 Å². The van der Waals surface area contributed by atoms with Crippen molar-refractivity contribution in [2.45, 2.75) is 6.04 Å². The first kappa shape index (κ1) is 13.8. The Morgan fingerprint density at radius 1 is 1.04 bits per heavy atom. The van der Waals surface area contributed by atoms with Crippen molar-refractivity contribution >= 4 is 17.1 Å². The molecule has 7 heteroatoms. The lowest BCUT2D eigenvalue weighted by Crippen LogP contribution is -2.18. The van der Waals surface area contributed by atoms with E-state index in [0.29, 0.717) is 5.65 Å². The molecule has 2 aromatic carbocycles. The third-order valence-corrected chi connectivity index (χ3v) is 4.38. The lowest BCUT2D eigenvalue weighted by atomic mass is 9.94. The summed E-state index contributed by atoms with van der Waals surface area (Å²) < 4.78 is 7.88. The summed E-state index contributed by atoms with van der Waals surface area (Å²) in [5.41, 5.74) is 8.04. The number of imidazole rings is 1. The minimum absolute atomic E-state index is 0.0629. The van der Waals surface area contributed by atoms with Crippen LogP contribution < -0.4 is 16.0 Å². The van der Waals surface area contributed by atoms with Crippen molar-refractivity contribution in [1.82, 2.24) is 19.5 Å². The molecule has 2 aromatic heterocycles.